The van der Waals surface area contributed by atoms with E-state index in [9.17, 15) is 0 Å². The molecule has 3 nitrogen and oxygen atoms in total. The number of nitrogens with zero attached hydrogens (tertiary/aromatic N) is 2. The molecule has 0 aromatic carbocycles. The number of nitrogens with one attached hydrogen (secondary N) is 1. The van der Waals surface area contributed by atoms with Gasteiger partial charge in [-0.2, -0.15) is 0 Å². The van der Waals surface area contributed by atoms with E-state index in [1.165, 1.54) is 64.8 Å². The maximum atomic E-state index is 3.59. The second kappa shape index (κ2) is 8.50. The molecule has 4 unspecified atom stereocenters. The molecule has 2 fully saturated rings. The fraction of sp³-hybridized carbons (Fsp3) is 1.00. The maximum Gasteiger partial charge on any atom is 0.0235 e. The quantitative estimate of drug-likeness (QED) is 0.779. The molecule has 3 heteroatoms. The van der Waals surface area contributed by atoms with Crippen molar-refractivity contribution < 1.29 is 0 Å². The summed E-state index contributed by atoms with van der Waals surface area (Å²) in [5.41, 5.74) is 0. The second-order valence-electron chi connectivity index (χ2n) is 7.17. The molecule has 1 saturated heterocycles. The SMILES string of the molecule is CCC1CCC(NC)C(CN2CCC(N(CC)CC)C2)C1. The molecule has 0 spiro atoms. The molecule has 0 aromatic heterocycles. The van der Waals surface area contributed by atoms with Crippen LogP contribution in [0.1, 0.15) is 52.9 Å². The normalized spacial score (nSPS) is 34.7. The van der Waals surface area contributed by atoms with Gasteiger partial charge in [0.05, 0.1) is 0 Å². The third-order valence-electron chi connectivity index (χ3n) is 6.11. The van der Waals surface area contributed by atoms with Crippen molar-refractivity contribution in [3.63, 3.8) is 0 Å². The minimum absolute atomic E-state index is 0.750. The van der Waals surface area contributed by atoms with Crippen molar-refractivity contribution in [3.05, 3.63) is 0 Å². The van der Waals surface area contributed by atoms with Gasteiger partial charge < -0.3 is 10.2 Å². The Morgan fingerprint density at radius 2 is 1.86 bits per heavy atom. The zero-order chi connectivity index (χ0) is 15.2. The molecule has 2 rings (SSSR count). The van der Waals surface area contributed by atoms with E-state index in [4.69, 9.17) is 0 Å². The van der Waals surface area contributed by atoms with E-state index in [0.29, 0.717) is 0 Å². The summed E-state index contributed by atoms with van der Waals surface area (Å²) >= 11 is 0. The third-order valence-corrected chi connectivity index (χ3v) is 6.11. The number of hydrogen-bond acceptors (Lipinski definition) is 3. The Hall–Kier alpha value is -0.120. The van der Waals surface area contributed by atoms with Crippen molar-refractivity contribution in [3.8, 4) is 0 Å². The fourth-order valence-corrected chi connectivity index (χ4v) is 4.66. The Morgan fingerprint density at radius 3 is 2.48 bits per heavy atom. The molecule has 124 valence electrons. The molecule has 0 radical (unpaired) electrons. The predicted molar refractivity (Wildman–Crippen MR) is 91.7 cm³/mol. The third kappa shape index (κ3) is 4.43. The van der Waals surface area contributed by atoms with Crippen molar-refractivity contribution in [2.75, 3.05) is 39.8 Å². The average Bonchev–Trinajstić information content (AvgIpc) is 2.97. The summed E-state index contributed by atoms with van der Waals surface area (Å²) in [4.78, 5) is 5.39. The topological polar surface area (TPSA) is 18.5 Å². The highest BCUT2D eigenvalue weighted by Gasteiger charge is 2.33. The van der Waals surface area contributed by atoms with Crippen LogP contribution in [0.4, 0.5) is 0 Å². The molecule has 0 bridgehead atoms. The predicted octanol–water partition coefficient (Wildman–Crippen LogP) is 2.82. The summed E-state index contributed by atoms with van der Waals surface area (Å²) in [6.07, 6.45) is 6.99. The smallest absolute Gasteiger partial charge is 0.0235 e. The lowest BCUT2D eigenvalue weighted by atomic mass is 9.76. The molecule has 1 aliphatic carbocycles. The van der Waals surface area contributed by atoms with E-state index < -0.39 is 0 Å². The van der Waals surface area contributed by atoms with Gasteiger partial charge >= 0.3 is 0 Å². The fourth-order valence-electron chi connectivity index (χ4n) is 4.66. The molecule has 1 N–H and O–H groups in total. The van der Waals surface area contributed by atoms with Crippen LogP contribution >= 0.6 is 0 Å². The van der Waals surface area contributed by atoms with E-state index in [-0.39, 0.29) is 0 Å². The summed E-state index contributed by atoms with van der Waals surface area (Å²) in [5.74, 6) is 1.84. The van der Waals surface area contributed by atoms with Gasteiger partial charge in [0, 0.05) is 25.2 Å². The van der Waals surface area contributed by atoms with E-state index in [1.54, 1.807) is 0 Å². The van der Waals surface area contributed by atoms with Gasteiger partial charge in [-0.3, -0.25) is 4.90 Å². The summed E-state index contributed by atoms with van der Waals surface area (Å²) in [6.45, 7) is 13.3. The van der Waals surface area contributed by atoms with Crippen LogP contribution in [0.25, 0.3) is 0 Å². The number of likely N-dealkylation sites (tertiary alicyclic amines) is 1. The van der Waals surface area contributed by atoms with Gasteiger partial charge in [0.25, 0.3) is 0 Å². The van der Waals surface area contributed by atoms with Gasteiger partial charge in [0.15, 0.2) is 0 Å². The Bertz CT molecular complexity index is 290. The van der Waals surface area contributed by atoms with Crippen LogP contribution in [0.3, 0.4) is 0 Å². The van der Waals surface area contributed by atoms with Crippen LogP contribution in [0, 0.1) is 11.8 Å². The van der Waals surface area contributed by atoms with Crippen molar-refractivity contribution in [1.82, 2.24) is 15.1 Å². The molecular formula is C18H37N3. The van der Waals surface area contributed by atoms with Gasteiger partial charge in [-0.05, 0) is 64.2 Å². The Balaban J connectivity index is 1.85. The highest BCUT2D eigenvalue weighted by Crippen LogP contribution is 2.32. The van der Waals surface area contributed by atoms with Crippen LogP contribution in [0.15, 0.2) is 0 Å². The summed E-state index contributed by atoms with van der Waals surface area (Å²) < 4.78 is 0. The van der Waals surface area contributed by atoms with E-state index in [1.807, 2.05) is 0 Å². The minimum Gasteiger partial charge on any atom is -0.317 e. The summed E-state index contributed by atoms with van der Waals surface area (Å²) in [6, 6.07) is 1.55. The first-order chi connectivity index (χ1) is 10.2. The Morgan fingerprint density at radius 1 is 1.10 bits per heavy atom. The van der Waals surface area contributed by atoms with E-state index in [0.717, 1.165) is 23.9 Å². The van der Waals surface area contributed by atoms with Crippen LogP contribution < -0.4 is 5.32 Å². The molecular weight excluding hydrogens is 258 g/mol. The van der Waals surface area contributed by atoms with Crippen molar-refractivity contribution >= 4 is 0 Å². The van der Waals surface area contributed by atoms with Gasteiger partial charge in [0.2, 0.25) is 0 Å². The summed E-state index contributed by atoms with van der Waals surface area (Å²) in [5, 5.41) is 3.59. The lowest BCUT2D eigenvalue weighted by Crippen LogP contribution is -2.45. The zero-order valence-electron chi connectivity index (χ0n) is 14.8. The molecule has 2 aliphatic rings. The Labute approximate surface area is 132 Å². The van der Waals surface area contributed by atoms with Crippen LogP contribution in [0.2, 0.25) is 0 Å². The molecule has 21 heavy (non-hydrogen) atoms. The average molecular weight is 296 g/mol. The lowest BCUT2D eigenvalue weighted by Gasteiger charge is -2.38. The van der Waals surface area contributed by atoms with Crippen LogP contribution in [-0.2, 0) is 0 Å². The van der Waals surface area contributed by atoms with E-state index >= 15 is 0 Å². The van der Waals surface area contributed by atoms with Crippen molar-refractivity contribution in [2.45, 2.75) is 65.0 Å². The standard InChI is InChI=1S/C18H37N3/c1-5-15-8-9-18(19-4)16(12-15)13-20-11-10-17(14-20)21(6-2)7-3/h15-19H,5-14H2,1-4H3. The minimum atomic E-state index is 0.750. The van der Waals surface area contributed by atoms with Crippen molar-refractivity contribution in [1.29, 1.82) is 0 Å². The first-order valence-electron chi connectivity index (χ1n) is 9.35. The lowest BCUT2D eigenvalue weighted by molar-refractivity contribution is 0.146. The first-order valence-corrected chi connectivity index (χ1v) is 9.35. The zero-order valence-corrected chi connectivity index (χ0v) is 14.8. The van der Waals surface area contributed by atoms with Gasteiger partial charge in [-0.1, -0.05) is 27.2 Å². The van der Waals surface area contributed by atoms with Crippen LogP contribution in [-0.4, -0.2) is 61.7 Å². The molecule has 4 atom stereocenters. The largest absolute Gasteiger partial charge is 0.317 e. The molecule has 1 heterocycles. The molecule has 1 aliphatic heterocycles. The molecule has 1 saturated carbocycles. The number of likely N-dealkylation sites (N-methyl/N-ethyl adjacent to an activating group) is 1. The number of hydrogen-bond donors (Lipinski definition) is 1. The van der Waals surface area contributed by atoms with E-state index in [2.05, 4.69) is 42.9 Å². The first kappa shape index (κ1) is 17.2. The van der Waals surface area contributed by atoms with Gasteiger partial charge in [0.1, 0.15) is 0 Å². The Kier molecular flexibility index (Phi) is 6.97. The monoisotopic (exact) mass is 295 g/mol. The maximum absolute atomic E-state index is 3.59. The van der Waals surface area contributed by atoms with Crippen LogP contribution in [0.5, 0.6) is 0 Å². The van der Waals surface area contributed by atoms with Gasteiger partial charge in [-0.25, -0.2) is 0 Å². The van der Waals surface area contributed by atoms with Crippen molar-refractivity contribution in [2.24, 2.45) is 11.8 Å². The number of rotatable bonds is 7. The molecule has 0 aromatic rings. The second-order valence-corrected chi connectivity index (χ2v) is 7.17. The van der Waals surface area contributed by atoms with Gasteiger partial charge in [-0.15, -0.1) is 0 Å². The highest BCUT2D eigenvalue weighted by molar-refractivity contribution is 4.89. The highest BCUT2D eigenvalue weighted by atomic mass is 15.2. The summed E-state index contributed by atoms with van der Waals surface area (Å²) in [7, 11) is 2.16. The molecule has 0 amide bonds.